The second kappa shape index (κ2) is 11.2. The number of nitrogen functional groups attached to an aromatic ring is 1. The van der Waals surface area contributed by atoms with Crippen molar-refractivity contribution in [3.8, 4) is 23.0 Å². The number of hydrogen-bond acceptors (Lipinski definition) is 8. The highest BCUT2D eigenvalue weighted by Crippen LogP contribution is 2.59. The van der Waals surface area contributed by atoms with Crippen LogP contribution in [0.25, 0.3) is 0 Å². The Kier molecular flexibility index (Phi) is 7.38. The van der Waals surface area contributed by atoms with Crippen molar-refractivity contribution in [1.82, 2.24) is 5.32 Å². The van der Waals surface area contributed by atoms with E-state index in [2.05, 4.69) is 5.32 Å². The fraction of sp³-hybridized carbons (Fsp3) is 0.107. The lowest BCUT2D eigenvalue weighted by Crippen LogP contribution is -2.31. The molecule has 4 aromatic rings. The maximum Gasteiger partial charge on any atom is 0.457 e. The Morgan fingerprint density at radius 2 is 1.50 bits per heavy atom. The molecule has 0 radical (unpaired) electrons. The van der Waals surface area contributed by atoms with E-state index in [0.29, 0.717) is 39.8 Å². The largest absolute Gasteiger partial charge is 0.457 e. The zero-order valence-corrected chi connectivity index (χ0v) is 21.1. The first-order chi connectivity index (χ1) is 18.5. The summed E-state index contributed by atoms with van der Waals surface area (Å²) in [4.78, 5) is 13.0. The van der Waals surface area contributed by atoms with Crippen molar-refractivity contribution < 1.29 is 32.6 Å². The summed E-state index contributed by atoms with van der Waals surface area (Å²) in [6.45, 7) is 0.0790. The van der Waals surface area contributed by atoms with Crippen molar-refractivity contribution in [2.24, 2.45) is 0 Å². The molecule has 0 spiro atoms. The van der Waals surface area contributed by atoms with Crippen molar-refractivity contribution >= 4 is 19.4 Å². The molecule has 1 unspecified atom stereocenters. The molecule has 9 nitrogen and oxygen atoms in total. The van der Waals surface area contributed by atoms with E-state index in [4.69, 9.17) is 29.0 Å². The van der Waals surface area contributed by atoms with Gasteiger partial charge in [0.15, 0.2) is 17.3 Å². The molecule has 38 heavy (non-hydrogen) atoms. The minimum Gasteiger partial charge on any atom is -0.454 e. The number of benzene rings is 4. The first kappa shape index (κ1) is 25.0. The van der Waals surface area contributed by atoms with E-state index in [1.165, 1.54) is 0 Å². The van der Waals surface area contributed by atoms with E-state index in [9.17, 15) is 9.36 Å². The summed E-state index contributed by atoms with van der Waals surface area (Å²) in [6.07, 6.45) is -0.830. The van der Waals surface area contributed by atoms with Crippen molar-refractivity contribution in [3.05, 3.63) is 114 Å². The number of carbonyl (C=O) groups excluding carboxylic acids is 1. The van der Waals surface area contributed by atoms with Gasteiger partial charge >= 0.3 is 13.7 Å². The molecule has 0 bridgehead atoms. The number of alkyl carbamates (subject to hydrolysis) is 1. The molecular formula is C28H25N2O7P. The average Bonchev–Trinajstić information content (AvgIpc) is 3.40. The molecular weight excluding hydrogens is 507 g/mol. The highest BCUT2D eigenvalue weighted by Gasteiger charge is 2.42. The number of fused-ring (bicyclic) bond motifs is 1. The Labute approximate surface area is 219 Å². The quantitative estimate of drug-likeness (QED) is 0.191. The standard InChI is InChI=1S/C28H25N2O7P/c29-22-9-7-8-21(17-22)27(30-28(31)33-18-20-14-15-25-26(16-20)35-19-34-25)38(32,36-23-10-3-1-4-11-23)37-24-12-5-2-6-13-24/h1-17,27H,18-19,29H2,(H,30,31). The molecule has 4 aromatic carbocycles. The first-order valence-corrected chi connectivity index (χ1v) is 13.4. The molecule has 0 aromatic heterocycles. The third-order valence-electron chi connectivity index (χ3n) is 5.56. The van der Waals surface area contributed by atoms with Crippen LogP contribution in [0.1, 0.15) is 16.9 Å². The van der Waals surface area contributed by atoms with Crippen LogP contribution in [-0.4, -0.2) is 12.9 Å². The van der Waals surface area contributed by atoms with Crippen LogP contribution in [0, 0.1) is 0 Å². The van der Waals surface area contributed by atoms with Gasteiger partial charge in [0.2, 0.25) is 6.79 Å². The number of amides is 1. The van der Waals surface area contributed by atoms with Crippen LogP contribution in [0.3, 0.4) is 0 Å². The predicted molar refractivity (Wildman–Crippen MR) is 141 cm³/mol. The highest BCUT2D eigenvalue weighted by molar-refractivity contribution is 7.55. The Morgan fingerprint density at radius 1 is 0.842 bits per heavy atom. The maximum absolute atomic E-state index is 14.5. The Morgan fingerprint density at radius 3 is 2.16 bits per heavy atom. The third-order valence-corrected chi connectivity index (χ3v) is 7.55. The topological polar surface area (TPSA) is 118 Å². The summed E-state index contributed by atoms with van der Waals surface area (Å²) < 4.78 is 42.6. The summed E-state index contributed by atoms with van der Waals surface area (Å²) in [5.74, 6) is 0.543. The molecule has 1 atom stereocenters. The van der Waals surface area contributed by atoms with Crippen LogP contribution >= 0.6 is 7.60 Å². The van der Waals surface area contributed by atoms with Gasteiger partial charge < -0.3 is 34.3 Å². The fourth-order valence-corrected chi connectivity index (χ4v) is 5.66. The van der Waals surface area contributed by atoms with Crippen molar-refractivity contribution in [1.29, 1.82) is 0 Å². The van der Waals surface area contributed by atoms with Crippen molar-refractivity contribution in [2.75, 3.05) is 12.5 Å². The number of hydrogen-bond donors (Lipinski definition) is 2. The van der Waals surface area contributed by atoms with Crippen LogP contribution in [-0.2, 0) is 15.9 Å². The van der Waals surface area contributed by atoms with Crippen LogP contribution in [0.15, 0.2) is 103 Å². The van der Waals surface area contributed by atoms with Crippen molar-refractivity contribution in [3.63, 3.8) is 0 Å². The molecule has 0 aliphatic carbocycles. The maximum atomic E-state index is 14.5. The van der Waals surface area contributed by atoms with Gasteiger partial charge in [-0.25, -0.2) is 9.36 Å². The van der Waals surface area contributed by atoms with E-state index < -0.39 is 19.5 Å². The number of carbonyl (C=O) groups is 1. The second-order valence-corrected chi connectivity index (χ2v) is 10.3. The van der Waals surface area contributed by atoms with Gasteiger partial charge in [-0.15, -0.1) is 0 Å². The van der Waals surface area contributed by atoms with Gasteiger partial charge in [-0.05, 0) is 59.7 Å². The number of ether oxygens (including phenoxy) is 3. The smallest absolute Gasteiger partial charge is 0.454 e. The van der Waals surface area contributed by atoms with E-state index in [-0.39, 0.29) is 13.4 Å². The molecule has 3 N–H and O–H groups in total. The number of para-hydroxylation sites is 2. The lowest BCUT2D eigenvalue weighted by Gasteiger charge is -2.28. The minimum atomic E-state index is -4.18. The Hall–Kier alpha value is -4.62. The summed E-state index contributed by atoms with van der Waals surface area (Å²) >= 11 is 0. The van der Waals surface area contributed by atoms with Gasteiger partial charge in [0, 0.05) is 5.69 Å². The van der Waals surface area contributed by atoms with Gasteiger partial charge in [-0.3, -0.25) is 0 Å². The van der Waals surface area contributed by atoms with Crippen LogP contribution in [0.2, 0.25) is 0 Å². The number of rotatable bonds is 9. The molecule has 0 fully saturated rings. The van der Waals surface area contributed by atoms with E-state index in [1.807, 2.05) is 0 Å². The molecule has 10 heteroatoms. The van der Waals surface area contributed by atoms with E-state index in [1.54, 1.807) is 103 Å². The molecule has 1 amide bonds. The second-order valence-electron chi connectivity index (χ2n) is 8.33. The average molecular weight is 532 g/mol. The van der Waals surface area contributed by atoms with Gasteiger partial charge in [0.1, 0.15) is 18.1 Å². The van der Waals surface area contributed by atoms with E-state index in [0.717, 1.165) is 0 Å². The Bertz CT molecular complexity index is 1400. The number of nitrogens with one attached hydrogen (secondary N) is 1. The van der Waals surface area contributed by atoms with E-state index >= 15 is 0 Å². The predicted octanol–water partition coefficient (Wildman–Crippen LogP) is 6.27. The molecule has 194 valence electrons. The third kappa shape index (κ3) is 6.02. The van der Waals surface area contributed by atoms with Gasteiger partial charge in [-0.2, -0.15) is 0 Å². The highest BCUT2D eigenvalue weighted by atomic mass is 31.2. The summed E-state index contributed by atoms with van der Waals surface area (Å²) in [7, 11) is -4.18. The monoisotopic (exact) mass is 532 g/mol. The Balaban J connectivity index is 1.43. The van der Waals surface area contributed by atoms with Crippen LogP contribution < -0.4 is 29.6 Å². The molecule has 1 aliphatic heterocycles. The lowest BCUT2D eigenvalue weighted by atomic mass is 10.2. The molecule has 0 saturated heterocycles. The first-order valence-electron chi connectivity index (χ1n) is 11.7. The van der Waals surface area contributed by atoms with Crippen molar-refractivity contribution in [2.45, 2.75) is 12.4 Å². The number of nitrogens with two attached hydrogens (primary N) is 1. The summed E-state index contributed by atoms with van der Waals surface area (Å²) in [5.41, 5.74) is 7.53. The summed E-state index contributed by atoms with van der Waals surface area (Å²) in [5, 5.41) is 2.68. The lowest BCUT2D eigenvalue weighted by molar-refractivity contribution is 0.137. The molecule has 1 aliphatic rings. The van der Waals surface area contributed by atoms with Gasteiger partial charge in [0.25, 0.3) is 0 Å². The zero-order valence-electron chi connectivity index (χ0n) is 20.2. The van der Waals surface area contributed by atoms with Gasteiger partial charge in [0.05, 0.1) is 0 Å². The van der Waals surface area contributed by atoms with Gasteiger partial charge in [-0.1, -0.05) is 54.6 Å². The van der Waals surface area contributed by atoms with Crippen LogP contribution in [0.5, 0.6) is 23.0 Å². The molecule has 0 saturated carbocycles. The zero-order chi connectivity index (χ0) is 26.4. The molecule has 5 rings (SSSR count). The minimum absolute atomic E-state index is 0.0600. The molecule has 1 heterocycles. The normalized spacial score (nSPS) is 12.8. The fourth-order valence-electron chi connectivity index (χ4n) is 3.79. The number of anilines is 1. The SMILES string of the molecule is Nc1cccc(C(NC(=O)OCc2ccc3c(c2)OCO3)P(=O)(Oc2ccccc2)Oc2ccccc2)c1. The summed E-state index contributed by atoms with van der Waals surface area (Å²) in [6, 6.07) is 29.0. The van der Waals surface area contributed by atoms with Crippen LogP contribution in [0.4, 0.5) is 10.5 Å².